The number of methoxy groups -OCH3 is 1. The molecule has 0 aromatic heterocycles. The Morgan fingerprint density at radius 3 is 3.11 bits per heavy atom. The van der Waals surface area contributed by atoms with Crippen LogP contribution >= 0.6 is 0 Å². The SMILES string of the molecule is COc1cc(F)ccc1N1CC(CN=[N+]=[N-])CC1=O. The summed E-state index contributed by atoms with van der Waals surface area (Å²) >= 11 is 0. The van der Waals surface area contributed by atoms with E-state index >= 15 is 0 Å². The summed E-state index contributed by atoms with van der Waals surface area (Å²) in [7, 11) is 1.43. The Hall–Kier alpha value is -2.27. The molecule has 0 aliphatic carbocycles. The van der Waals surface area contributed by atoms with Gasteiger partial charge in [-0.15, -0.1) is 0 Å². The first-order chi connectivity index (χ1) is 9.15. The molecule has 1 aromatic rings. The van der Waals surface area contributed by atoms with Crippen molar-refractivity contribution in [3.05, 3.63) is 34.5 Å². The third-order valence-corrected chi connectivity index (χ3v) is 3.04. The van der Waals surface area contributed by atoms with Crippen molar-refractivity contribution in [1.82, 2.24) is 0 Å². The van der Waals surface area contributed by atoms with Crippen LogP contribution in [0.2, 0.25) is 0 Å². The van der Waals surface area contributed by atoms with E-state index in [2.05, 4.69) is 10.0 Å². The third kappa shape index (κ3) is 2.77. The number of carbonyl (C=O) groups is 1. The molecule has 0 saturated carbocycles. The monoisotopic (exact) mass is 264 g/mol. The van der Waals surface area contributed by atoms with Gasteiger partial charge in [0.05, 0.1) is 12.8 Å². The lowest BCUT2D eigenvalue weighted by atomic mass is 10.1. The molecule has 1 fully saturated rings. The van der Waals surface area contributed by atoms with Crippen LogP contribution in [0.25, 0.3) is 10.4 Å². The van der Waals surface area contributed by atoms with E-state index in [9.17, 15) is 9.18 Å². The maximum Gasteiger partial charge on any atom is 0.227 e. The van der Waals surface area contributed by atoms with Gasteiger partial charge >= 0.3 is 0 Å². The van der Waals surface area contributed by atoms with E-state index in [1.54, 1.807) is 0 Å². The number of nitrogens with zero attached hydrogens (tertiary/aromatic N) is 4. The van der Waals surface area contributed by atoms with Crippen LogP contribution < -0.4 is 9.64 Å². The molecule has 0 radical (unpaired) electrons. The molecular formula is C12H13FN4O2. The summed E-state index contributed by atoms with van der Waals surface area (Å²) in [5.74, 6) is -0.197. The molecule has 0 bridgehead atoms. The van der Waals surface area contributed by atoms with Crippen molar-refractivity contribution in [3.63, 3.8) is 0 Å². The third-order valence-electron chi connectivity index (χ3n) is 3.04. The number of hydrogen-bond donors (Lipinski definition) is 0. The lowest BCUT2D eigenvalue weighted by Gasteiger charge is -2.19. The molecule has 1 saturated heterocycles. The Morgan fingerprint density at radius 1 is 1.63 bits per heavy atom. The molecule has 7 heteroatoms. The first kappa shape index (κ1) is 13.2. The number of benzene rings is 1. The van der Waals surface area contributed by atoms with Gasteiger partial charge in [-0.2, -0.15) is 0 Å². The summed E-state index contributed by atoms with van der Waals surface area (Å²) in [6.07, 6.45) is 0.319. The Morgan fingerprint density at radius 2 is 2.42 bits per heavy atom. The van der Waals surface area contributed by atoms with E-state index < -0.39 is 5.82 Å². The van der Waals surface area contributed by atoms with E-state index in [0.717, 1.165) is 0 Å². The number of anilines is 1. The quantitative estimate of drug-likeness (QED) is 0.475. The lowest BCUT2D eigenvalue weighted by Crippen LogP contribution is -2.25. The minimum Gasteiger partial charge on any atom is -0.494 e. The maximum atomic E-state index is 13.1. The number of ether oxygens (including phenoxy) is 1. The van der Waals surface area contributed by atoms with Crippen molar-refractivity contribution in [1.29, 1.82) is 0 Å². The van der Waals surface area contributed by atoms with Crippen molar-refractivity contribution >= 4 is 11.6 Å². The van der Waals surface area contributed by atoms with Crippen LogP contribution in [0.4, 0.5) is 10.1 Å². The molecular weight excluding hydrogens is 251 g/mol. The zero-order chi connectivity index (χ0) is 13.8. The van der Waals surface area contributed by atoms with Gasteiger partial charge in [0.25, 0.3) is 0 Å². The zero-order valence-electron chi connectivity index (χ0n) is 10.4. The van der Waals surface area contributed by atoms with E-state index in [1.165, 1.54) is 30.2 Å². The van der Waals surface area contributed by atoms with Gasteiger partial charge in [0.2, 0.25) is 5.91 Å². The fourth-order valence-electron chi connectivity index (χ4n) is 2.16. The van der Waals surface area contributed by atoms with Crippen LogP contribution in [0.3, 0.4) is 0 Å². The van der Waals surface area contributed by atoms with Crippen LogP contribution in [0.15, 0.2) is 23.3 Å². The smallest absolute Gasteiger partial charge is 0.227 e. The molecule has 1 aromatic carbocycles. The number of azide groups is 1. The van der Waals surface area contributed by atoms with Gasteiger partial charge in [-0.3, -0.25) is 4.79 Å². The highest BCUT2D eigenvalue weighted by Gasteiger charge is 2.31. The molecule has 1 aliphatic rings. The molecule has 1 unspecified atom stereocenters. The van der Waals surface area contributed by atoms with Crippen molar-refractivity contribution in [3.8, 4) is 5.75 Å². The summed E-state index contributed by atoms with van der Waals surface area (Å²) in [4.78, 5) is 16.2. The average Bonchev–Trinajstić information content (AvgIpc) is 2.77. The molecule has 1 aliphatic heterocycles. The summed E-state index contributed by atoms with van der Waals surface area (Å²) in [6.45, 7) is 0.724. The predicted molar refractivity (Wildman–Crippen MR) is 67.4 cm³/mol. The highest BCUT2D eigenvalue weighted by Crippen LogP contribution is 2.33. The van der Waals surface area contributed by atoms with Crippen molar-refractivity contribution in [2.45, 2.75) is 6.42 Å². The molecule has 6 nitrogen and oxygen atoms in total. The highest BCUT2D eigenvalue weighted by molar-refractivity contribution is 5.97. The van der Waals surface area contributed by atoms with Gasteiger partial charge in [0, 0.05) is 30.5 Å². The first-order valence-corrected chi connectivity index (χ1v) is 5.80. The highest BCUT2D eigenvalue weighted by atomic mass is 19.1. The molecule has 19 heavy (non-hydrogen) atoms. The van der Waals surface area contributed by atoms with Gasteiger partial charge in [-0.1, -0.05) is 5.11 Å². The molecule has 1 amide bonds. The molecule has 0 N–H and O–H groups in total. The average molecular weight is 264 g/mol. The first-order valence-electron chi connectivity index (χ1n) is 5.80. The van der Waals surface area contributed by atoms with Crippen molar-refractivity contribution in [2.75, 3.05) is 25.1 Å². The summed E-state index contributed by atoms with van der Waals surface area (Å²) in [6, 6.07) is 4.04. The number of amides is 1. The van der Waals surface area contributed by atoms with Crippen molar-refractivity contribution in [2.24, 2.45) is 11.0 Å². The van der Waals surface area contributed by atoms with Gasteiger partial charge in [0.15, 0.2) is 0 Å². The second-order valence-electron chi connectivity index (χ2n) is 4.30. The Balaban J connectivity index is 2.22. The summed E-state index contributed by atoms with van der Waals surface area (Å²) in [5, 5.41) is 3.48. The van der Waals surface area contributed by atoms with E-state index in [-0.39, 0.29) is 18.4 Å². The number of rotatable bonds is 4. The fourth-order valence-corrected chi connectivity index (χ4v) is 2.16. The van der Waals surface area contributed by atoms with Gasteiger partial charge in [-0.25, -0.2) is 4.39 Å². The van der Waals surface area contributed by atoms with Crippen LogP contribution in [0.5, 0.6) is 5.75 Å². The minimum atomic E-state index is -0.419. The van der Waals surface area contributed by atoms with E-state index in [1.807, 2.05) is 0 Å². The lowest BCUT2D eigenvalue weighted by molar-refractivity contribution is -0.117. The van der Waals surface area contributed by atoms with Crippen LogP contribution in [0, 0.1) is 11.7 Å². The molecule has 100 valence electrons. The largest absolute Gasteiger partial charge is 0.494 e. The van der Waals surface area contributed by atoms with Gasteiger partial charge < -0.3 is 9.64 Å². The van der Waals surface area contributed by atoms with E-state index in [0.29, 0.717) is 24.4 Å². The van der Waals surface area contributed by atoms with E-state index in [4.69, 9.17) is 10.3 Å². The molecule has 1 atom stereocenters. The van der Waals surface area contributed by atoms with Crippen LogP contribution in [0.1, 0.15) is 6.42 Å². The molecule has 2 rings (SSSR count). The topological polar surface area (TPSA) is 78.3 Å². The van der Waals surface area contributed by atoms with Crippen LogP contribution in [-0.4, -0.2) is 26.1 Å². The Labute approximate surface area is 109 Å². The van der Waals surface area contributed by atoms with Gasteiger partial charge in [-0.05, 0) is 23.6 Å². The normalized spacial score (nSPS) is 18.3. The standard InChI is InChI=1S/C12H13FN4O2/c1-19-11-5-9(13)2-3-10(11)17-7-8(4-12(17)18)6-15-16-14/h2-3,5,8H,4,6-7H2,1H3. The molecule has 1 heterocycles. The Bertz CT molecular complexity index is 543. The van der Waals surface area contributed by atoms with Crippen LogP contribution in [-0.2, 0) is 4.79 Å². The fraction of sp³-hybridized carbons (Fsp3) is 0.417. The Kier molecular flexibility index (Phi) is 3.87. The number of carbonyl (C=O) groups excluding carboxylic acids is 1. The zero-order valence-corrected chi connectivity index (χ0v) is 10.4. The second kappa shape index (κ2) is 5.58. The maximum absolute atomic E-state index is 13.1. The number of halogens is 1. The summed E-state index contributed by atoms with van der Waals surface area (Å²) < 4.78 is 18.2. The molecule has 0 spiro atoms. The summed E-state index contributed by atoms with van der Waals surface area (Å²) in [5.41, 5.74) is 8.83. The predicted octanol–water partition coefficient (Wildman–Crippen LogP) is 2.50. The van der Waals surface area contributed by atoms with Gasteiger partial charge in [0.1, 0.15) is 11.6 Å². The number of hydrogen-bond acceptors (Lipinski definition) is 3. The van der Waals surface area contributed by atoms with Crippen molar-refractivity contribution < 1.29 is 13.9 Å². The second-order valence-corrected chi connectivity index (χ2v) is 4.30. The minimum absolute atomic E-state index is 0.0156.